The molecule has 0 aromatic heterocycles. The first-order chi connectivity index (χ1) is 8.58. The van der Waals surface area contributed by atoms with Crippen molar-refractivity contribution in [2.24, 2.45) is 5.92 Å². The number of aliphatic hydroxyl groups excluding tert-OH is 1. The van der Waals surface area contributed by atoms with Crippen LogP contribution in [0.3, 0.4) is 0 Å². The van der Waals surface area contributed by atoms with Crippen LogP contribution in [-0.2, 0) is 5.75 Å². The molecule has 0 saturated carbocycles. The normalized spacial score (nSPS) is 12.2. The molecule has 0 amide bonds. The van der Waals surface area contributed by atoms with Gasteiger partial charge in [-0.3, -0.25) is 0 Å². The molecule has 0 saturated heterocycles. The van der Waals surface area contributed by atoms with Crippen molar-refractivity contribution in [3.8, 4) is 5.75 Å². The zero-order valence-corrected chi connectivity index (χ0v) is 11.4. The summed E-state index contributed by atoms with van der Waals surface area (Å²) >= 11 is 1.71. The number of ether oxygens (including phenoxy) is 1. The summed E-state index contributed by atoms with van der Waals surface area (Å²) in [7, 11) is 1.46. The summed E-state index contributed by atoms with van der Waals surface area (Å²) < 4.78 is 5.07. The summed E-state index contributed by atoms with van der Waals surface area (Å²) in [6.45, 7) is 2.18. The SMILES string of the molecule is COc1cc(CSCC(C)CO)ccc1C(=O)O. The third-order valence-electron chi connectivity index (χ3n) is 2.48. The summed E-state index contributed by atoms with van der Waals surface area (Å²) in [4.78, 5) is 10.9. The molecule has 0 aliphatic rings. The Morgan fingerprint density at radius 3 is 2.78 bits per heavy atom. The molecular formula is C13H18O4S. The molecule has 1 aromatic carbocycles. The number of rotatable bonds is 7. The van der Waals surface area contributed by atoms with Crippen molar-refractivity contribution >= 4 is 17.7 Å². The zero-order valence-electron chi connectivity index (χ0n) is 10.5. The average molecular weight is 270 g/mol. The summed E-state index contributed by atoms with van der Waals surface area (Å²) in [6, 6.07) is 5.11. The Labute approximate surface area is 111 Å². The zero-order chi connectivity index (χ0) is 13.5. The molecule has 5 heteroatoms. The van der Waals surface area contributed by atoms with Crippen LogP contribution in [0.25, 0.3) is 0 Å². The number of hydrogen-bond donors (Lipinski definition) is 2. The largest absolute Gasteiger partial charge is 0.496 e. The van der Waals surface area contributed by atoms with E-state index in [4.69, 9.17) is 14.9 Å². The summed E-state index contributed by atoms with van der Waals surface area (Å²) in [6.07, 6.45) is 0. The number of carboxylic acids is 1. The molecule has 1 atom stereocenters. The smallest absolute Gasteiger partial charge is 0.339 e. The van der Waals surface area contributed by atoms with Gasteiger partial charge in [0.15, 0.2) is 0 Å². The van der Waals surface area contributed by atoms with Gasteiger partial charge in [-0.25, -0.2) is 4.79 Å². The Bertz CT molecular complexity index is 406. The maximum Gasteiger partial charge on any atom is 0.339 e. The van der Waals surface area contributed by atoms with Gasteiger partial charge in [0, 0.05) is 12.4 Å². The molecule has 1 aromatic rings. The second-order valence-electron chi connectivity index (χ2n) is 4.14. The molecule has 4 nitrogen and oxygen atoms in total. The van der Waals surface area contributed by atoms with Gasteiger partial charge in [-0.2, -0.15) is 11.8 Å². The summed E-state index contributed by atoms with van der Waals surface area (Å²) in [5.41, 5.74) is 1.20. The van der Waals surface area contributed by atoms with E-state index in [-0.39, 0.29) is 18.1 Å². The highest BCUT2D eigenvalue weighted by Gasteiger charge is 2.11. The molecular weight excluding hydrogens is 252 g/mol. The lowest BCUT2D eigenvalue weighted by Crippen LogP contribution is -2.04. The molecule has 0 spiro atoms. The van der Waals surface area contributed by atoms with Crippen molar-refractivity contribution in [3.05, 3.63) is 29.3 Å². The van der Waals surface area contributed by atoms with Gasteiger partial charge in [0.25, 0.3) is 0 Å². The van der Waals surface area contributed by atoms with Gasteiger partial charge in [-0.15, -0.1) is 0 Å². The van der Waals surface area contributed by atoms with Gasteiger partial charge in [0.05, 0.1) is 7.11 Å². The van der Waals surface area contributed by atoms with Gasteiger partial charge >= 0.3 is 5.97 Å². The minimum Gasteiger partial charge on any atom is -0.496 e. The van der Waals surface area contributed by atoms with Crippen LogP contribution in [0.4, 0.5) is 0 Å². The van der Waals surface area contributed by atoms with E-state index in [2.05, 4.69) is 0 Å². The van der Waals surface area contributed by atoms with Crippen molar-refractivity contribution < 1.29 is 19.7 Å². The Morgan fingerprint density at radius 2 is 2.22 bits per heavy atom. The number of aromatic carboxylic acids is 1. The summed E-state index contributed by atoms with van der Waals surface area (Å²) in [5, 5.41) is 17.9. The highest BCUT2D eigenvalue weighted by molar-refractivity contribution is 7.98. The van der Waals surface area contributed by atoms with E-state index in [1.807, 2.05) is 6.92 Å². The predicted octanol–water partition coefficient (Wildman–Crippen LogP) is 2.25. The minimum atomic E-state index is -0.986. The average Bonchev–Trinajstić information content (AvgIpc) is 2.37. The predicted molar refractivity (Wildman–Crippen MR) is 72.4 cm³/mol. The first-order valence-corrected chi connectivity index (χ1v) is 6.82. The Morgan fingerprint density at radius 1 is 1.50 bits per heavy atom. The van der Waals surface area contributed by atoms with Crippen LogP contribution in [0.1, 0.15) is 22.8 Å². The van der Waals surface area contributed by atoms with Crippen LogP contribution in [0.2, 0.25) is 0 Å². The molecule has 1 unspecified atom stereocenters. The topological polar surface area (TPSA) is 66.8 Å². The lowest BCUT2D eigenvalue weighted by Gasteiger charge is -2.09. The van der Waals surface area contributed by atoms with E-state index in [9.17, 15) is 4.79 Å². The van der Waals surface area contributed by atoms with E-state index in [1.54, 1.807) is 30.0 Å². The van der Waals surface area contributed by atoms with Crippen LogP contribution >= 0.6 is 11.8 Å². The number of methoxy groups -OCH3 is 1. The Kier molecular flexibility index (Phi) is 6.01. The van der Waals surface area contributed by atoms with E-state index >= 15 is 0 Å². The highest BCUT2D eigenvalue weighted by Crippen LogP contribution is 2.23. The first kappa shape index (κ1) is 14.9. The lowest BCUT2D eigenvalue weighted by atomic mass is 10.1. The van der Waals surface area contributed by atoms with E-state index in [1.165, 1.54) is 7.11 Å². The maximum absolute atomic E-state index is 10.9. The number of thioether (sulfide) groups is 1. The van der Waals surface area contributed by atoms with Gasteiger partial charge in [-0.1, -0.05) is 13.0 Å². The standard InChI is InChI=1S/C13H18O4S/c1-9(6-14)7-18-8-10-3-4-11(13(15)16)12(5-10)17-2/h3-5,9,14H,6-8H2,1-2H3,(H,15,16). The van der Waals surface area contributed by atoms with E-state index < -0.39 is 5.97 Å². The van der Waals surface area contributed by atoms with Crippen LogP contribution in [0, 0.1) is 5.92 Å². The van der Waals surface area contributed by atoms with E-state index in [0.29, 0.717) is 5.75 Å². The second kappa shape index (κ2) is 7.28. The molecule has 0 heterocycles. The van der Waals surface area contributed by atoms with Gasteiger partial charge in [-0.05, 0) is 29.4 Å². The Balaban J connectivity index is 2.65. The van der Waals surface area contributed by atoms with Crippen LogP contribution in [0.15, 0.2) is 18.2 Å². The van der Waals surface area contributed by atoms with Crippen molar-refractivity contribution in [2.75, 3.05) is 19.5 Å². The van der Waals surface area contributed by atoms with Crippen LogP contribution in [0.5, 0.6) is 5.75 Å². The number of carboxylic acid groups (broad SMARTS) is 1. The molecule has 0 aliphatic heterocycles. The lowest BCUT2D eigenvalue weighted by molar-refractivity contribution is 0.0693. The Hall–Kier alpha value is -1.20. The van der Waals surface area contributed by atoms with Crippen LogP contribution < -0.4 is 4.74 Å². The number of hydrogen-bond acceptors (Lipinski definition) is 4. The summed E-state index contributed by atoms with van der Waals surface area (Å²) in [5.74, 6) is 1.33. The fourth-order valence-electron chi connectivity index (χ4n) is 1.43. The van der Waals surface area contributed by atoms with Crippen molar-refractivity contribution in [1.82, 2.24) is 0 Å². The molecule has 2 N–H and O–H groups in total. The quantitative estimate of drug-likeness (QED) is 0.795. The maximum atomic E-state index is 10.9. The van der Waals surface area contributed by atoms with Crippen LogP contribution in [-0.4, -0.2) is 35.7 Å². The molecule has 18 heavy (non-hydrogen) atoms. The number of benzene rings is 1. The molecule has 0 aliphatic carbocycles. The molecule has 0 fully saturated rings. The molecule has 1 rings (SSSR count). The minimum absolute atomic E-state index is 0.176. The third-order valence-corrected chi connectivity index (χ3v) is 3.82. The van der Waals surface area contributed by atoms with Gasteiger partial charge < -0.3 is 14.9 Å². The van der Waals surface area contributed by atoms with Crippen molar-refractivity contribution in [1.29, 1.82) is 0 Å². The van der Waals surface area contributed by atoms with E-state index in [0.717, 1.165) is 17.1 Å². The van der Waals surface area contributed by atoms with Gasteiger partial charge in [0.2, 0.25) is 0 Å². The first-order valence-electron chi connectivity index (χ1n) is 5.67. The highest BCUT2D eigenvalue weighted by atomic mass is 32.2. The monoisotopic (exact) mass is 270 g/mol. The van der Waals surface area contributed by atoms with Crippen molar-refractivity contribution in [2.45, 2.75) is 12.7 Å². The molecule has 0 radical (unpaired) electrons. The van der Waals surface area contributed by atoms with Gasteiger partial charge in [0.1, 0.15) is 11.3 Å². The van der Waals surface area contributed by atoms with Crippen molar-refractivity contribution in [3.63, 3.8) is 0 Å². The number of aliphatic hydroxyl groups is 1. The fourth-order valence-corrected chi connectivity index (χ4v) is 2.47. The number of carbonyl (C=O) groups is 1. The second-order valence-corrected chi connectivity index (χ2v) is 5.17. The third kappa shape index (κ3) is 4.23. The molecule has 100 valence electrons. The fraction of sp³-hybridized carbons (Fsp3) is 0.462. The molecule has 0 bridgehead atoms.